The minimum Gasteiger partial charge on any atom is -0.454 e. The molecule has 2 amide bonds. The maximum Gasteiger partial charge on any atom is 0.326 e. The number of rotatable bonds is 7. The van der Waals surface area contributed by atoms with E-state index in [1.165, 1.54) is 9.80 Å². The van der Waals surface area contributed by atoms with Gasteiger partial charge in [0.05, 0.1) is 0 Å². The number of halogens is 1. The molecule has 0 aliphatic carbocycles. The molecule has 0 bridgehead atoms. The van der Waals surface area contributed by atoms with Crippen LogP contribution in [0.15, 0.2) is 36.4 Å². The molecule has 0 unspecified atom stereocenters. The van der Waals surface area contributed by atoms with Crippen molar-refractivity contribution < 1.29 is 19.1 Å². The van der Waals surface area contributed by atoms with Crippen LogP contribution in [0.3, 0.4) is 0 Å². The third-order valence-electron chi connectivity index (χ3n) is 3.56. The lowest BCUT2D eigenvalue weighted by atomic mass is 10.2. The minimum atomic E-state index is -0.596. The van der Waals surface area contributed by atoms with Crippen molar-refractivity contribution in [2.24, 2.45) is 0 Å². The van der Waals surface area contributed by atoms with Gasteiger partial charge >= 0.3 is 5.97 Å². The molecule has 1 aromatic heterocycles. The summed E-state index contributed by atoms with van der Waals surface area (Å²) in [6.07, 6.45) is 0. The molecule has 10 heteroatoms. The molecule has 0 spiro atoms. The highest BCUT2D eigenvalue weighted by Gasteiger charge is 2.13. The quantitative estimate of drug-likeness (QED) is 0.695. The molecule has 0 fully saturated rings. The Labute approximate surface area is 167 Å². The van der Waals surface area contributed by atoms with Crippen molar-refractivity contribution >= 4 is 40.9 Å². The Morgan fingerprint density at radius 2 is 1.71 bits per heavy atom. The first-order valence-corrected chi connectivity index (χ1v) is 8.61. The lowest BCUT2D eigenvalue weighted by Crippen LogP contribution is -2.30. The summed E-state index contributed by atoms with van der Waals surface area (Å²) in [6.45, 7) is -0.539. The Bertz CT molecular complexity index is 840. The first-order chi connectivity index (χ1) is 13.3. The topological polar surface area (TPSA) is 105 Å². The monoisotopic (exact) mass is 405 g/mol. The smallest absolute Gasteiger partial charge is 0.326 e. The summed E-state index contributed by atoms with van der Waals surface area (Å²) in [5, 5.41) is 10.4. The summed E-state index contributed by atoms with van der Waals surface area (Å²) in [7, 11) is 4.95. The van der Waals surface area contributed by atoms with Crippen LogP contribution in [0.5, 0.6) is 0 Å². The molecule has 2 aromatic rings. The molecule has 1 N–H and O–H groups in total. The second-order valence-corrected chi connectivity index (χ2v) is 6.44. The number of ether oxygens (including phenoxy) is 1. The van der Waals surface area contributed by atoms with Gasteiger partial charge in [0.25, 0.3) is 11.8 Å². The zero-order valence-electron chi connectivity index (χ0n) is 15.7. The van der Waals surface area contributed by atoms with Gasteiger partial charge in [-0.1, -0.05) is 11.6 Å². The first kappa shape index (κ1) is 21.1. The van der Waals surface area contributed by atoms with Crippen molar-refractivity contribution in [3.05, 3.63) is 47.1 Å². The number of amides is 2. The second-order valence-electron chi connectivity index (χ2n) is 6.06. The second kappa shape index (κ2) is 9.65. The van der Waals surface area contributed by atoms with Crippen LogP contribution in [0.25, 0.3) is 0 Å². The Morgan fingerprint density at radius 1 is 1.04 bits per heavy atom. The Morgan fingerprint density at radius 3 is 2.29 bits per heavy atom. The summed E-state index contributed by atoms with van der Waals surface area (Å²) >= 11 is 5.66. The molecule has 1 heterocycles. The number of hydrogen-bond donors (Lipinski definition) is 1. The van der Waals surface area contributed by atoms with Crippen molar-refractivity contribution in [1.82, 2.24) is 15.1 Å². The fraction of sp³-hybridized carbons (Fsp3) is 0.278. The van der Waals surface area contributed by atoms with Crippen LogP contribution in [0.1, 0.15) is 10.4 Å². The molecular weight excluding hydrogens is 386 g/mol. The lowest BCUT2D eigenvalue weighted by molar-refractivity contribution is -0.145. The highest BCUT2D eigenvalue weighted by atomic mass is 35.5. The van der Waals surface area contributed by atoms with Crippen molar-refractivity contribution in [2.45, 2.75) is 0 Å². The van der Waals surface area contributed by atoms with Crippen LogP contribution in [-0.4, -0.2) is 67.2 Å². The highest BCUT2D eigenvalue weighted by molar-refractivity contribution is 6.29. The zero-order valence-corrected chi connectivity index (χ0v) is 16.4. The van der Waals surface area contributed by atoms with Crippen LogP contribution < -0.4 is 10.2 Å². The Kier molecular flexibility index (Phi) is 7.28. The van der Waals surface area contributed by atoms with E-state index in [0.717, 1.165) is 0 Å². The van der Waals surface area contributed by atoms with Gasteiger partial charge in [-0.15, -0.1) is 10.2 Å². The Balaban J connectivity index is 1.79. The fourth-order valence-corrected chi connectivity index (χ4v) is 2.23. The fourth-order valence-electron chi connectivity index (χ4n) is 2.13. The summed E-state index contributed by atoms with van der Waals surface area (Å²) < 4.78 is 4.96. The number of nitrogens with zero attached hydrogens (tertiary/aromatic N) is 4. The predicted molar refractivity (Wildman–Crippen MR) is 104 cm³/mol. The van der Waals surface area contributed by atoms with E-state index in [1.807, 2.05) is 0 Å². The van der Waals surface area contributed by atoms with Crippen molar-refractivity contribution in [1.29, 1.82) is 0 Å². The van der Waals surface area contributed by atoms with Gasteiger partial charge in [-0.2, -0.15) is 0 Å². The molecule has 1 aromatic carbocycles. The van der Waals surface area contributed by atoms with E-state index >= 15 is 0 Å². The number of esters is 1. The maximum absolute atomic E-state index is 11.9. The minimum absolute atomic E-state index is 0.106. The maximum atomic E-state index is 11.9. The van der Waals surface area contributed by atoms with E-state index in [0.29, 0.717) is 17.1 Å². The van der Waals surface area contributed by atoms with E-state index in [2.05, 4.69) is 15.5 Å². The van der Waals surface area contributed by atoms with Gasteiger partial charge < -0.3 is 19.9 Å². The van der Waals surface area contributed by atoms with E-state index in [9.17, 15) is 14.4 Å². The molecular formula is C18H20ClN5O4. The number of aromatic nitrogens is 2. The van der Waals surface area contributed by atoms with E-state index in [-0.39, 0.29) is 17.6 Å². The molecule has 148 valence electrons. The number of likely N-dealkylation sites (N-methyl/N-ethyl adjacent to an activating group) is 1. The molecule has 0 saturated carbocycles. The van der Waals surface area contributed by atoms with E-state index < -0.39 is 18.5 Å². The molecule has 0 radical (unpaired) electrons. The summed E-state index contributed by atoms with van der Waals surface area (Å²) in [6, 6.07) is 9.57. The average molecular weight is 406 g/mol. The molecule has 2 rings (SSSR count). The lowest BCUT2D eigenvalue weighted by Gasteiger charge is -2.16. The SMILES string of the molecule is CN(C)C(=O)c1ccc(NC(=O)COC(=O)CN(C)c2ccc(Cl)nn2)cc1. The van der Waals surface area contributed by atoms with Gasteiger partial charge in [-0.25, -0.2) is 0 Å². The summed E-state index contributed by atoms with van der Waals surface area (Å²) in [4.78, 5) is 38.6. The molecule has 28 heavy (non-hydrogen) atoms. The molecule has 0 aliphatic heterocycles. The third kappa shape index (κ3) is 6.20. The largest absolute Gasteiger partial charge is 0.454 e. The van der Waals surface area contributed by atoms with Crippen LogP contribution in [0, 0.1) is 0 Å². The van der Waals surface area contributed by atoms with E-state index in [1.54, 1.807) is 57.5 Å². The number of anilines is 2. The molecule has 9 nitrogen and oxygen atoms in total. The predicted octanol–water partition coefficient (Wildman–Crippen LogP) is 1.45. The van der Waals surface area contributed by atoms with Crippen molar-refractivity contribution in [2.75, 3.05) is 44.5 Å². The molecule has 0 saturated heterocycles. The molecule has 0 atom stereocenters. The van der Waals surface area contributed by atoms with E-state index in [4.69, 9.17) is 16.3 Å². The zero-order chi connectivity index (χ0) is 20.7. The van der Waals surface area contributed by atoms with Crippen molar-refractivity contribution in [3.63, 3.8) is 0 Å². The van der Waals surface area contributed by atoms with Crippen LogP contribution in [0.4, 0.5) is 11.5 Å². The van der Waals surface area contributed by atoms with Crippen LogP contribution in [0.2, 0.25) is 5.15 Å². The number of carbonyl (C=O) groups excluding carboxylic acids is 3. The average Bonchev–Trinajstić information content (AvgIpc) is 2.67. The first-order valence-electron chi connectivity index (χ1n) is 8.24. The third-order valence-corrected chi connectivity index (χ3v) is 3.76. The van der Waals surface area contributed by atoms with Crippen molar-refractivity contribution in [3.8, 4) is 0 Å². The van der Waals surface area contributed by atoms with Gasteiger partial charge in [0, 0.05) is 32.4 Å². The van der Waals surface area contributed by atoms with Crippen LogP contribution >= 0.6 is 11.6 Å². The number of hydrogen-bond acceptors (Lipinski definition) is 7. The number of nitrogens with one attached hydrogen (secondary N) is 1. The Hall–Kier alpha value is -3.20. The van der Waals surface area contributed by atoms with Gasteiger partial charge in [0.2, 0.25) is 0 Å². The standard InChI is InChI=1S/C18H20ClN5O4/c1-23(2)18(27)12-4-6-13(7-5-12)20-16(25)11-28-17(26)10-24(3)15-9-8-14(19)21-22-15/h4-9H,10-11H2,1-3H3,(H,20,25). The summed E-state index contributed by atoms with van der Waals surface area (Å²) in [5.74, 6) is -0.783. The normalized spacial score (nSPS) is 10.1. The highest BCUT2D eigenvalue weighted by Crippen LogP contribution is 2.11. The van der Waals surface area contributed by atoms with Gasteiger partial charge in [-0.05, 0) is 36.4 Å². The number of carbonyl (C=O) groups is 3. The number of benzene rings is 1. The van der Waals surface area contributed by atoms with Gasteiger partial charge in [-0.3, -0.25) is 14.4 Å². The van der Waals surface area contributed by atoms with Gasteiger partial charge in [0.15, 0.2) is 17.6 Å². The summed E-state index contributed by atoms with van der Waals surface area (Å²) in [5.41, 5.74) is 0.993. The van der Waals surface area contributed by atoms with Crippen LogP contribution in [-0.2, 0) is 14.3 Å². The molecule has 0 aliphatic rings. The van der Waals surface area contributed by atoms with Gasteiger partial charge in [0.1, 0.15) is 6.54 Å².